The SMILES string of the molecule is CCOCCCNC(=NC)NCc1ccc(OCc2ccccc2)cc1. The summed E-state index contributed by atoms with van der Waals surface area (Å²) in [6.07, 6.45) is 0.960. The zero-order valence-electron chi connectivity index (χ0n) is 15.7. The monoisotopic (exact) mass is 355 g/mol. The molecule has 2 N–H and O–H groups in total. The van der Waals surface area contributed by atoms with Crippen molar-refractivity contribution in [1.82, 2.24) is 10.6 Å². The molecule has 0 heterocycles. The standard InChI is InChI=1S/C21H29N3O2/c1-3-25-15-7-14-23-21(22-2)24-16-18-10-12-20(13-11-18)26-17-19-8-5-4-6-9-19/h4-6,8-13H,3,7,14-17H2,1-2H3,(H2,22,23,24). The lowest BCUT2D eigenvalue weighted by Crippen LogP contribution is -2.37. The van der Waals surface area contributed by atoms with Crippen LogP contribution < -0.4 is 15.4 Å². The lowest BCUT2D eigenvalue weighted by Gasteiger charge is -2.12. The third-order valence-electron chi connectivity index (χ3n) is 3.82. The minimum Gasteiger partial charge on any atom is -0.489 e. The maximum absolute atomic E-state index is 5.81. The molecule has 5 nitrogen and oxygen atoms in total. The van der Waals surface area contributed by atoms with Crippen molar-refractivity contribution in [3.05, 3.63) is 65.7 Å². The molecule has 2 aromatic carbocycles. The maximum Gasteiger partial charge on any atom is 0.191 e. The maximum atomic E-state index is 5.81. The van der Waals surface area contributed by atoms with Gasteiger partial charge in [0.05, 0.1) is 0 Å². The molecule has 0 amide bonds. The molecule has 0 saturated carbocycles. The number of guanidine groups is 1. The summed E-state index contributed by atoms with van der Waals surface area (Å²) < 4.78 is 11.1. The fourth-order valence-electron chi connectivity index (χ4n) is 2.38. The smallest absolute Gasteiger partial charge is 0.191 e. The quantitative estimate of drug-likeness (QED) is 0.390. The van der Waals surface area contributed by atoms with Crippen LogP contribution in [0.2, 0.25) is 0 Å². The van der Waals surface area contributed by atoms with Crippen molar-refractivity contribution >= 4 is 5.96 Å². The summed E-state index contributed by atoms with van der Waals surface area (Å²) in [5.41, 5.74) is 2.34. The molecule has 0 bridgehead atoms. The largest absolute Gasteiger partial charge is 0.489 e. The van der Waals surface area contributed by atoms with E-state index in [4.69, 9.17) is 9.47 Å². The Balaban J connectivity index is 1.70. The van der Waals surface area contributed by atoms with E-state index in [1.165, 1.54) is 5.56 Å². The highest BCUT2D eigenvalue weighted by Crippen LogP contribution is 2.14. The zero-order chi connectivity index (χ0) is 18.5. The summed E-state index contributed by atoms with van der Waals surface area (Å²) in [4.78, 5) is 4.23. The molecular weight excluding hydrogens is 326 g/mol. The minimum absolute atomic E-state index is 0.580. The first-order valence-corrected chi connectivity index (χ1v) is 9.09. The molecule has 26 heavy (non-hydrogen) atoms. The Bertz CT molecular complexity index is 642. The molecule has 0 aliphatic heterocycles. The molecule has 2 rings (SSSR count). The first-order valence-electron chi connectivity index (χ1n) is 9.09. The van der Waals surface area contributed by atoms with Gasteiger partial charge in [-0.1, -0.05) is 42.5 Å². The molecule has 5 heteroatoms. The second-order valence-corrected chi connectivity index (χ2v) is 5.82. The van der Waals surface area contributed by atoms with Crippen molar-refractivity contribution in [2.24, 2.45) is 4.99 Å². The van der Waals surface area contributed by atoms with E-state index in [9.17, 15) is 0 Å². The molecule has 0 aliphatic carbocycles. The summed E-state index contributed by atoms with van der Waals surface area (Å²) in [6, 6.07) is 18.3. The van der Waals surface area contributed by atoms with Crippen molar-refractivity contribution in [1.29, 1.82) is 0 Å². The van der Waals surface area contributed by atoms with Gasteiger partial charge in [-0.15, -0.1) is 0 Å². The van der Waals surface area contributed by atoms with Crippen molar-refractivity contribution in [2.75, 3.05) is 26.8 Å². The number of hydrogen-bond donors (Lipinski definition) is 2. The predicted octanol–water partition coefficient (Wildman–Crippen LogP) is 3.36. The second kappa shape index (κ2) is 11.9. The van der Waals surface area contributed by atoms with Crippen LogP contribution in [0.25, 0.3) is 0 Å². The van der Waals surface area contributed by atoms with Gasteiger partial charge in [-0.2, -0.15) is 0 Å². The lowest BCUT2D eigenvalue weighted by molar-refractivity contribution is 0.145. The van der Waals surface area contributed by atoms with Gasteiger partial charge in [-0.3, -0.25) is 4.99 Å². The molecule has 0 aromatic heterocycles. The molecule has 0 saturated heterocycles. The Labute approximate surface area is 156 Å². The summed E-state index contributed by atoms with van der Waals surface area (Å²) in [5, 5.41) is 6.59. The Morgan fingerprint density at radius 2 is 1.73 bits per heavy atom. The molecule has 0 unspecified atom stereocenters. The van der Waals surface area contributed by atoms with Crippen LogP contribution in [0.15, 0.2) is 59.6 Å². The highest BCUT2D eigenvalue weighted by Gasteiger charge is 2.00. The Kier molecular flexibility index (Phi) is 9.08. The molecule has 0 radical (unpaired) electrons. The number of ether oxygens (including phenoxy) is 2. The zero-order valence-corrected chi connectivity index (χ0v) is 15.7. The van der Waals surface area contributed by atoms with Gasteiger partial charge in [0.15, 0.2) is 5.96 Å². The molecule has 0 spiro atoms. The number of hydrogen-bond acceptors (Lipinski definition) is 3. The molecular formula is C21H29N3O2. The average Bonchev–Trinajstić information content (AvgIpc) is 2.70. The fraction of sp³-hybridized carbons (Fsp3) is 0.381. The summed E-state index contributed by atoms with van der Waals surface area (Å²) >= 11 is 0. The van der Waals surface area contributed by atoms with Gasteiger partial charge in [0.1, 0.15) is 12.4 Å². The second-order valence-electron chi connectivity index (χ2n) is 5.82. The van der Waals surface area contributed by atoms with Crippen molar-refractivity contribution in [3.63, 3.8) is 0 Å². The lowest BCUT2D eigenvalue weighted by atomic mass is 10.2. The molecule has 0 atom stereocenters. The van der Waals surface area contributed by atoms with Crippen LogP contribution >= 0.6 is 0 Å². The number of benzene rings is 2. The van der Waals surface area contributed by atoms with E-state index in [2.05, 4.69) is 39.9 Å². The van der Waals surface area contributed by atoms with Gasteiger partial charge in [0.2, 0.25) is 0 Å². The first-order chi connectivity index (χ1) is 12.8. The Hall–Kier alpha value is -2.53. The highest BCUT2D eigenvalue weighted by atomic mass is 16.5. The fourth-order valence-corrected chi connectivity index (χ4v) is 2.38. The number of nitrogens with one attached hydrogen (secondary N) is 2. The van der Waals surface area contributed by atoms with Gasteiger partial charge in [0.25, 0.3) is 0 Å². The van der Waals surface area contributed by atoms with Gasteiger partial charge >= 0.3 is 0 Å². The van der Waals surface area contributed by atoms with Crippen LogP contribution in [0.5, 0.6) is 5.75 Å². The van der Waals surface area contributed by atoms with Crippen LogP contribution in [0.3, 0.4) is 0 Å². The van der Waals surface area contributed by atoms with Gasteiger partial charge in [0, 0.05) is 33.4 Å². The van der Waals surface area contributed by atoms with Gasteiger partial charge in [-0.25, -0.2) is 0 Å². The normalized spacial score (nSPS) is 11.2. The van der Waals surface area contributed by atoms with Gasteiger partial charge < -0.3 is 20.1 Å². The van der Waals surface area contributed by atoms with E-state index < -0.39 is 0 Å². The first kappa shape index (κ1) is 19.8. The van der Waals surface area contributed by atoms with E-state index in [-0.39, 0.29) is 0 Å². The number of rotatable bonds is 10. The predicted molar refractivity (Wildman–Crippen MR) is 107 cm³/mol. The van der Waals surface area contributed by atoms with Crippen LogP contribution in [-0.4, -0.2) is 32.8 Å². The van der Waals surface area contributed by atoms with E-state index in [0.29, 0.717) is 13.2 Å². The van der Waals surface area contributed by atoms with Crippen molar-refractivity contribution in [3.8, 4) is 5.75 Å². The highest BCUT2D eigenvalue weighted by molar-refractivity contribution is 5.79. The molecule has 2 aromatic rings. The van der Waals surface area contributed by atoms with Gasteiger partial charge in [-0.05, 0) is 36.6 Å². The van der Waals surface area contributed by atoms with Crippen LogP contribution in [0, 0.1) is 0 Å². The van der Waals surface area contributed by atoms with E-state index in [0.717, 1.165) is 43.5 Å². The Morgan fingerprint density at radius 3 is 2.42 bits per heavy atom. The molecule has 0 aliphatic rings. The third kappa shape index (κ3) is 7.57. The van der Waals surface area contributed by atoms with E-state index >= 15 is 0 Å². The molecule has 0 fully saturated rings. The third-order valence-corrected chi connectivity index (χ3v) is 3.82. The average molecular weight is 355 g/mol. The summed E-state index contributed by atoms with van der Waals surface area (Å²) in [6.45, 7) is 5.67. The Morgan fingerprint density at radius 1 is 0.962 bits per heavy atom. The topological polar surface area (TPSA) is 54.9 Å². The molecule has 140 valence electrons. The summed E-state index contributed by atoms with van der Waals surface area (Å²) in [5.74, 6) is 1.67. The van der Waals surface area contributed by atoms with Crippen LogP contribution in [0.1, 0.15) is 24.5 Å². The number of nitrogens with zero attached hydrogens (tertiary/aromatic N) is 1. The van der Waals surface area contributed by atoms with Crippen molar-refractivity contribution in [2.45, 2.75) is 26.5 Å². The summed E-state index contributed by atoms with van der Waals surface area (Å²) in [7, 11) is 1.78. The number of aliphatic imine (C=N–C) groups is 1. The van der Waals surface area contributed by atoms with Crippen LogP contribution in [-0.2, 0) is 17.9 Å². The van der Waals surface area contributed by atoms with Crippen LogP contribution in [0.4, 0.5) is 0 Å². The van der Waals surface area contributed by atoms with Crippen molar-refractivity contribution < 1.29 is 9.47 Å². The minimum atomic E-state index is 0.580. The van der Waals surface area contributed by atoms with E-state index in [1.807, 2.05) is 37.3 Å². The van der Waals surface area contributed by atoms with E-state index in [1.54, 1.807) is 7.05 Å².